The van der Waals surface area contributed by atoms with E-state index in [0.717, 1.165) is 49.8 Å². The van der Waals surface area contributed by atoms with Gasteiger partial charge in [-0.2, -0.15) is 0 Å². The summed E-state index contributed by atoms with van der Waals surface area (Å²) < 4.78 is 5.39. The summed E-state index contributed by atoms with van der Waals surface area (Å²) in [5.41, 5.74) is 3.97. The van der Waals surface area contributed by atoms with E-state index in [1.165, 1.54) is 5.56 Å². The van der Waals surface area contributed by atoms with Gasteiger partial charge in [0.1, 0.15) is 0 Å². The molecule has 0 aromatic heterocycles. The second-order valence-corrected chi connectivity index (χ2v) is 7.56. The predicted octanol–water partition coefficient (Wildman–Crippen LogP) is 3.08. The van der Waals surface area contributed by atoms with E-state index in [4.69, 9.17) is 4.74 Å². The van der Waals surface area contributed by atoms with Crippen molar-refractivity contribution in [1.29, 1.82) is 0 Å². The lowest BCUT2D eigenvalue weighted by Crippen LogP contribution is -2.36. The summed E-state index contributed by atoms with van der Waals surface area (Å²) in [4.78, 5) is 29.1. The Kier molecular flexibility index (Phi) is 5.81. The van der Waals surface area contributed by atoms with Gasteiger partial charge in [-0.25, -0.2) is 0 Å². The fraction of sp³-hybridized carbons (Fsp3) is 0.391. The van der Waals surface area contributed by atoms with Crippen LogP contribution in [0.5, 0.6) is 0 Å². The number of ether oxygens (including phenoxy) is 1. The fourth-order valence-corrected chi connectivity index (χ4v) is 3.87. The van der Waals surface area contributed by atoms with Gasteiger partial charge in [0.05, 0.1) is 19.1 Å². The van der Waals surface area contributed by atoms with E-state index in [2.05, 4.69) is 17.1 Å². The summed E-state index contributed by atoms with van der Waals surface area (Å²) in [5, 5.41) is 2.96. The summed E-state index contributed by atoms with van der Waals surface area (Å²) in [5.74, 6) is -0.450. The van der Waals surface area contributed by atoms with Crippen molar-refractivity contribution in [3.05, 3.63) is 54.1 Å². The van der Waals surface area contributed by atoms with Crippen LogP contribution in [0, 0.1) is 5.92 Å². The van der Waals surface area contributed by atoms with E-state index in [-0.39, 0.29) is 24.2 Å². The molecule has 2 fully saturated rings. The molecule has 2 aromatic carbocycles. The monoisotopic (exact) mass is 393 g/mol. The Hall–Kier alpha value is -2.86. The van der Waals surface area contributed by atoms with Gasteiger partial charge in [-0.1, -0.05) is 19.1 Å². The molecule has 0 bridgehead atoms. The molecule has 4 rings (SSSR count). The van der Waals surface area contributed by atoms with Crippen molar-refractivity contribution in [2.75, 3.05) is 48.0 Å². The quantitative estimate of drug-likeness (QED) is 0.848. The number of carbonyl (C=O) groups is 2. The predicted molar refractivity (Wildman–Crippen MR) is 114 cm³/mol. The minimum absolute atomic E-state index is 0.00272. The van der Waals surface area contributed by atoms with Crippen LogP contribution in [0.4, 0.5) is 17.1 Å². The van der Waals surface area contributed by atoms with Gasteiger partial charge in [-0.3, -0.25) is 9.59 Å². The van der Waals surface area contributed by atoms with E-state index in [1.807, 2.05) is 48.5 Å². The fourth-order valence-electron chi connectivity index (χ4n) is 3.87. The summed E-state index contributed by atoms with van der Waals surface area (Å²) in [6.07, 6.45) is 1.21. The molecule has 1 N–H and O–H groups in total. The highest BCUT2D eigenvalue weighted by Crippen LogP contribution is 2.27. The summed E-state index contributed by atoms with van der Waals surface area (Å²) in [6, 6.07) is 15.9. The van der Waals surface area contributed by atoms with Crippen LogP contribution >= 0.6 is 0 Å². The Balaban J connectivity index is 1.36. The molecule has 0 spiro atoms. The van der Waals surface area contributed by atoms with Gasteiger partial charge in [0, 0.05) is 43.1 Å². The lowest BCUT2D eigenvalue weighted by molar-refractivity contribution is -0.122. The Morgan fingerprint density at radius 1 is 1.03 bits per heavy atom. The maximum Gasteiger partial charge on any atom is 0.229 e. The Morgan fingerprint density at radius 3 is 2.34 bits per heavy atom. The Labute approximate surface area is 171 Å². The van der Waals surface area contributed by atoms with E-state index >= 15 is 0 Å². The number of hydrogen-bond acceptors (Lipinski definition) is 4. The number of carbonyl (C=O) groups excluding carboxylic acids is 2. The number of nitrogens with zero attached hydrogens (tertiary/aromatic N) is 2. The van der Waals surface area contributed by atoms with Crippen molar-refractivity contribution in [2.45, 2.75) is 19.8 Å². The average Bonchev–Trinajstić information content (AvgIpc) is 3.17. The molecule has 2 aromatic rings. The van der Waals surface area contributed by atoms with Crippen molar-refractivity contribution in [3.63, 3.8) is 0 Å². The van der Waals surface area contributed by atoms with Crippen LogP contribution in [0.2, 0.25) is 0 Å². The first-order chi connectivity index (χ1) is 14.1. The van der Waals surface area contributed by atoms with E-state index < -0.39 is 0 Å². The Bertz CT molecular complexity index is 858. The van der Waals surface area contributed by atoms with Crippen molar-refractivity contribution in [2.24, 2.45) is 5.92 Å². The van der Waals surface area contributed by atoms with Crippen molar-refractivity contribution in [3.8, 4) is 0 Å². The van der Waals surface area contributed by atoms with Crippen LogP contribution in [-0.4, -0.2) is 44.7 Å². The molecule has 0 saturated carbocycles. The topological polar surface area (TPSA) is 61.9 Å². The van der Waals surface area contributed by atoms with Crippen LogP contribution < -0.4 is 15.1 Å². The van der Waals surface area contributed by atoms with Crippen LogP contribution in [0.15, 0.2) is 48.5 Å². The van der Waals surface area contributed by atoms with Gasteiger partial charge >= 0.3 is 0 Å². The molecular formula is C23H27N3O3. The molecule has 1 unspecified atom stereocenters. The van der Waals surface area contributed by atoms with Crippen molar-refractivity contribution in [1.82, 2.24) is 0 Å². The smallest absolute Gasteiger partial charge is 0.229 e. The number of rotatable bonds is 5. The van der Waals surface area contributed by atoms with Crippen LogP contribution in [0.3, 0.4) is 0 Å². The van der Waals surface area contributed by atoms with Crippen LogP contribution in [-0.2, 0) is 20.7 Å². The number of nitrogens with one attached hydrogen (secondary N) is 1. The first-order valence-corrected chi connectivity index (χ1v) is 10.3. The average molecular weight is 393 g/mol. The molecule has 29 heavy (non-hydrogen) atoms. The maximum atomic E-state index is 12.7. The van der Waals surface area contributed by atoms with Crippen molar-refractivity contribution < 1.29 is 14.3 Å². The third-order valence-corrected chi connectivity index (χ3v) is 5.66. The number of hydrogen-bond donors (Lipinski definition) is 1. The summed E-state index contributed by atoms with van der Waals surface area (Å²) in [7, 11) is 0. The van der Waals surface area contributed by atoms with Gasteiger partial charge in [-0.15, -0.1) is 0 Å². The zero-order chi connectivity index (χ0) is 20.2. The summed E-state index contributed by atoms with van der Waals surface area (Å²) in [6.45, 7) is 5.76. The molecule has 2 amide bonds. The minimum Gasteiger partial charge on any atom is -0.378 e. The van der Waals surface area contributed by atoms with E-state index in [1.54, 1.807) is 4.90 Å². The van der Waals surface area contributed by atoms with Crippen LogP contribution in [0.25, 0.3) is 0 Å². The highest BCUT2D eigenvalue weighted by molar-refractivity contribution is 6.03. The SMILES string of the molecule is CCc1ccc(N2CC(C(=O)Nc3ccc(N4CCOCC4)cc3)CC2=O)cc1. The third-order valence-electron chi connectivity index (χ3n) is 5.66. The highest BCUT2D eigenvalue weighted by atomic mass is 16.5. The van der Waals surface area contributed by atoms with Gasteiger partial charge < -0.3 is 19.9 Å². The highest BCUT2D eigenvalue weighted by Gasteiger charge is 2.35. The molecule has 6 nitrogen and oxygen atoms in total. The van der Waals surface area contributed by atoms with Gasteiger partial charge in [0.2, 0.25) is 11.8 Å². The first kappa shape index (κ1) is 19.5. The molecule has 0 aliphatic carbocycles. The summed E-state index contributed by atoms with van der Waals surface area (Å²) >= 11 is 0. The Morgan fingerprint density at radius 2 is 1.69 bits per heavy atom. The normalized spacial score (nSPS) is 19.5. The molecule has 0 radical (unpaired) electrons. The molecule has 2 saturated heterocycles. The minimum atomic E-state index is -0.340. The van der Waals surface area contributed by atoms with Gasteiger partial charge in [0.25, 0.3) is 0 Å². The standard InChI is InChI=1S/C23H27N3O3/c1-2-17-3-7-21(8-4-17)26-16-18(15-22(26)27)23(28)24-19-5-9-20(10-6-19)25-11-13-29-14-12-25/h3-10,18H,2,11-16H2,1H3,(H,24,28). The molecule has 6 heteroatoms. The van der Waals surface area contributed by atoms with E-state index in [9.17, 15) is 9.59 Å². The van der Waals surface area contributed by atoms with Gasteiger partial charge in [-0.05, 0) is 48.4 Å². The second kappa shape index (κ2) is 8.66. The number of morpholine rings is 1. The molecule has 2 aliphatic rings. The number of anilines is 3. The molecular weight excluding hydrogens is 366 g/mol. The lowest BCUT2D eigenvalue weighted by atomic mass is 10.1. The molecule has 2 heterocycles. The zero-order valence-electron chi connectivity index (χ0n) is 16.8. The molecule has 1 atom stereocenters. The number of aryl methyl sites for hydroxylation is 1. The van der Waals surface area contributed by atoms with Crippen molar-refractivity contribution >= 4 is 28.9 Å². The second-order valence-electron chi connectivity index (χ2n) is 7.56. The lowest BCUT2D eigenvalue weighted by Gasteiger charge is -2.28. The third kappa shape index (κ3) is 4.43. The number of amides is 2. The number of benzene rings is 2. The first-order valence-electron chi connectivity index (χ1n) is 10.3. The largest absolute Gasteiger partial charge is 0.378 e. The van der Waals surface area contributed by atoms with Gasteiger partial charge in [0.15, 0.2) is 0 Å². The maximum absolute atomic E-state index is 12.7. The van der Waals surface area contributed by atoms with Crippen LogP contribution in [0.1, 0.15) is 18.9 Å². The molecule has 152 valence electrons. The van der Waals surface area contributed by atoms with E-state index in [0.29, 0.717) is 6.54 Å². The zero-order valence-corrected chi connectivity index (χ0v) is 16.8. The molecule has 2 aliphatic heterocycles.